The van der Waals surface area contributed by atoms with Gasteiger partial charge >= 0.3 is 7.12 Å². The highest BCUT2D eigenvalue weighted by Crippen LogP contribution is 2.00. The first-order chi connectivity index (χ1) is 7.65. The second-order valence-electron chi connectivity index (χ2n) is 3.26. The van der Waals surface area contributed by atoms with E-state index in [-0.39, 0.29) is 0 Å². The third-order valence-electron chi connectivity index (χ3n) is 2.02. The summed E-state index contributed by atoms with van der Waals surface area (Å²) in [6.45, 7) is 5.69. The molecule has 0 fully saturated rings. The molecule has 0 aliphatic heterocycles. The summed E-state index contributed by atoms with van der Waals surface area (Å²) in [5.74, 6) is 0. The van der Waals surface area contributed by atoms with E-state index in [9.17, 15) is 0 Å². The third-order valence-corrected chi connectivity index (χ3v) is 2.02. The van der Waals surface area contributed by atoms with Crippen LogP contribution in [0.2, 0.25) is 0 Å². The van der Waals surface area contributed by atoms with Crippen molar-refractivity contribution in [2.24, 2.45) is 5.16 Å². The average molecular weight is 219 g/mol. The van der Waals surface area contributed by atoms with Gasteiger partial charge in [0.2, 0.25) is 0 Å². The summed E-state index contributed by atoms with van der Waals surface area (Å²) in [5.41, 5.74) is 2.04. The molecule has 0 radical (unpaired) electrons. The van der Waals surface area contributed by atoms with Crippen LogP contribution in [0.25, 0.3) is 0 Å². The summed E-state index contributed by atoms with van der Waals surface area (Å²) in [5, 5.41) is 21.7. The summed E-state index contributed by atoms with van der Waals surface area (Å²) < 4.78 is 0. The van der Waals surface area contributed by atoms with Gasteiger partial charge in [-0.15, -0.1) is 0 Å². The van der Waals surface area contributed by atoms with Gasteiger partial charge in [-0.05, 0) is 17.9 Å². The summed E-state index contributed by atoms with van der Waals surface area (Å²) in [7, 11) is -1.44. The van der Waals surface area contributed by atoms with Crippen LogP contribution in [0.15, 0.2) is 42.1 Å². The topological polar surface area (TPSA) is 62.0 Å². The van der Waals surface area contributed by atoms with Crippen molar-refractivity contribution in [1.29, 1.82) is 0 Å². The van der Waals surface area contributed by atoms with E-state index in [1.54, 1.807) is 30.3 Å². The molecule has 0 aliphatic carbocycles. The minimum atomic E-state index is -1.44. The summed E-state index contributed by atoms with van der Waals surface area (Å²) in [6, 6.07) is 6.77. The van der Waals surface area contributed by atoms with E-state index >= 15 is 0 Å². The van der Waals surface area contributed by atoms with Gasteiger partial charge in [-0.3, -0.25) is 0 Å². The quantitative estimate of drug-likeness (QED) is 0.246. The molecule has 2 N–H and O–H groups in total. The standard InChI is InChI=1S/C11H14BNO3/c1-3-8-16-13-9(2)10-4-6-11(7-5-10)12(14)15/h3-7,14-15H,1,8H2,2H3. The number of benzene rings is 1. The SMILES string of the molecule is C=CCON=C(C)c1ccc(B(O)O)cc1. The van der Waals surface area contributed by atoms with Crippen LogP contribution < -0.4 is 5.46 Å². The molecule has 0 unspecified atom stereocenters. The van der Waals surface area contributed by atoms with E-state index in [4.69, 9.17) is 14.9 Å². The fourth-order valence-electron chi connectivity index (χ4n) is 1.14. The Hall–Kier alpha value is -1.59. The Bertz CT molecular complexity index is 373. The predicted molar refractivity (Wildman–Crippen MR) is 64.6 cm³/mol. The lowest BCUT2D eigenvalue weighted by Gasteiger charge is -2.03. The molecule has 1 aromatic rings. The number of hydrogen-bond acceptors (Lipinski definition) is 4. The zero-order valence-electron chi connectivity index (χ0n) is 9.13. The second-order valence-corrected chi connectivity index (χ2v) is 3.26. The van der Waals surface area contributed by atoms with Crippen molar-refractivity contribution in [3.63, 3.8) is 0 Å². The monoisotopic (exact) mass is 219 g/mol. The first-order valence-corrected chi connectivity index (χ1v) is 4.89. The van der Waals surface area contributed by atoms with E-state index in [0.29, 0.717) is 12.1 Å². The van der Waals surface area contributed by atoms with E-state index in [0.717, 1.165) is 11.3 Å². The molecular formula is C11H14BNO3. The Labute approximate surface area is 95.0 Å². The zero-order chi connectivity index (χ0) is 12.0. The highest BCUT2D eigenvalue weighted by molar-refractivity contribution is 6.58. The lowest BCUT2D eigenvalue weighted by Crippen LogP contribution is -2.29. The van der Waals surface area contributed by atoms with E-state index in [2.05, 4.69) is 11.7 Å². The van der Waals surface area contributed by atoms with Crippen molar-refractivity contribution in [2.45, 2.75) is 6.92 Å². The molecule has 0 bridgehead atoms. The highest BCUT2D eigenvalue weighted by Gasteiger charge is 2.10. The van der Waals surface area contributed by atoms with Gasteiger partial charge in [-0.2, -0.15) is 0 Å². The smallest absolute Gasteiger partial charge is 0.423 e. The fourth-order valence-corrected chi connectivity index (χ4v) is 1.14. The maximum absolute atomic E-state index is 8.92. The van der Waals surface area contributed by atoms with Gasteiger partial charge in [0.25, 0.3) is 0 Å². The van der Waals surface area contributed by atoms with Crippen LogP contribution in [-0.4, -0.2) is 29.5 Å². The predicted octanol–water partition coefficient (Wildman–Crippen LogP) is 0.293. The Kier molecular flexibility index (Phi) is 4.76. The maximum Gasteiger partial charge on any atom is 0.488 e. The Morgan fingerprint density at radius 1 is 1.44 bits per heavy atom. The van der Waals surface area contributed by atoms with Crippen LogP contribution in [0.5, 0.6) is 0 Å². The first-order valence-electron chi connectivity index (χ1n) is 4.89. The van der Waals surface area contributed by atoms with Crippen molar-refractivity contribution in [2.75, 3.05) is 6.61 Å². The molecule has 1 aromatic carbocycles. The summed E-state index contributed by atoms with van der Waals surface area (Å²) in [6.07, 6.45) is 1.61. The molecule has 1 rings (SSSR count). The fraction of sp³-hybridized carbons (Fsp3) is 0.182. The number of oxime groups is 1. The third kappa shape index (κ3) is 3.53. The lowest BCUT2D eigenvalue weighted by molar-refractivity contribution is 0.175. The van der Waals surface area contributed by atoms with Crippen LogP contribution in [0.4, 0.5) is 0 Å². The van der Waals surface area contributed by atoms with E-state index in [1.807, 2.05) is 6.92 Å². The number of rotatable bonds is 5. The minimum absolute atomic E-state index is 0.366. The summed E-state index contributed by atoms with van der Waals surface area (Å²) >= 11 is 0. The Morgan fingerprint density at radius 3 is 2.56 bits per heavy atom. The molecule has 5 heteroatoms. The van der Waals surface area contributed by atoms with Gasteiger partial charge in [-0.25, -0.2) is 0 Å². The van der Waals surface area contributed by atoms with E-state index < -0.39 is 7.12 Å². The molecule has 0 saturated carbocycles. The van der Waals surface area contributed by atoms with Gasteiger partial charge in [0.05, 0.1) is 5.71 Å². The van der Waals surface area contributed by atoms with Crippen LogP contribution in [0, 0.1) is 0 Å². The molecule has 0 heterocycles. The molecule has 0 aliphatic rings. The second kappa shape index (κ2) is 6.10. The van der Waals surface area contributed by atoms with Crippen molar-refractivity contribution in [3.8, 4) is 0 Å². The Morgan fingerprint density at radius 2 is 2.06 bits per heavy atom. The van der Waals surface area contributed by atoms with Gasteiger partial charge in [-0.1, -0.05) is 42.1 Å². The van der Waals surface area contributed by atoms with Crippen molar-refractivity contribution >= 4 is 18.3 Å². The van der Waals surface area contributed by atoms with Crippen LogP contribution in [0.1, 0.15) is 12.5 Å². The van der Waals surface area contributed by atoms with Crippen LogP contribution in [0.3, 0.4) is 0 Å². The van der Waals surface area contributed by atoms with Crippen molar-refractivity contribution < 1.29 is 14.9 Å². The molecule has 84 valence electrons. The first kappa shape index (κ1) is 12.5. The summed E-state index contributed by atoms with van der Waals surface area (Å²) in [4.78, 5) is 4.95. The van der Waals surface area contributed by atoms with Crippen molar-refractivity contribution in [3.05, 3.63) is 42.5 Å². The minimum Gasteiger partial charge on any atom is -0.423 e. The normalized spacial score (nSPS) is 11.1. The molecule has 0 aromatic heterocycles. The Balaban J connectivity index is 2.73. The van der Waals surface area contributed by atoms with Gasteiger partial charge < -0.3 is 14.9 Å². The molecule has 4 nitrogen and oxygen atoms in total. The van der Waals surface area contributed by atoms with Crippen molar-refractivity contribution in [1.82, 2.24) is 0 Å². The van der Waals surface area contributed by atoms with E-state index in [1.165, 1.54) is 0 Å². The molecular weight excluding hydrogens is 205 g/mol. The van der Waals surface area contributed by atoms with Crippen LogP contribution in [-0.2, 0) is 4.84 Å². The maximum atomic E-state index is 8.92. The van der Waals surface area contributed by atoms with Gasteiger partial charge in [0.15, 0.2) is 0 Å². The molecule has 0 spiro atoms. The van der Waals surface area contributed by atoms with Crippen LogP contribution >= 0.6 is 0 Å². The lowest BCUT2D eigenvalue weighted by atomic mass is 9.80. The molecule has 0 amide bonds. The molecule has 0 atom stereocenters. The average Bonchev–Trinajstić information content (AvgIpc) is 2.29. The molecule has 16 heavy (non-hydrogen) atoms. The highest BCUT2D eigenvalue weighted by atomic mass is 16.6. The molecule has 0 saturated heterocycles. The van der Waals surface area contributed by atoms with Gasteiger partial charge in [0.1, 0.15) is 6.61 Å². The van der Waals surface area contributed by atoms with Gasteiger partial charge in [0, 0.05) is 0 Å². The number of nitrogens with zero attached hydrogens (tertiary/aromatic N) is 1. The largest absolute Gasteiger partial charge is 0.488 e. The number of hydrogen-bond donors (Lipinski definition) is 2. The zero-order valence-corrected chi connectivity index (χ0v) is 9.13.